The SMILES string of the molecule is O=C1CCCCCCCCCCC1CCC(=O)C1C(=O)CSC1=O. The molecule has 1 aliphatic carbocycles. The van der Waals surface area contributed by atoms with E-state index in [2.05, 4.69) is 0 Å². The maximum Gasteiger partial charge on any atom is 0.207 e. The van der Waals surface area contributed by atoms with E-state index in [4.69, 9.17) is 0 Å². The number of hydrogen-bond donors (Lipinski definition) is 0. The highest BCUT2D eigenvalue weighted by Crippen LogP contribution is 2.27. The molecule has 1 saturated carbocycles. The van der Waals surface area contributed by atoms with E-state index in [9.17, 15) is 19.2 Å². The summed E-state index contributed by atoms with van der Waals surface area (Å²) in [7, 11) is 0. The van der Waals surface area contributed by atoms with Crippen LogP contribution in [0.1, 0.15) is 77.0 Å². The molecule has 0 aromatic carbocycles. The normalized spacial score (nSPS) is 27.6. The van der Waals surface area contributed by atoms with E-state index in [1.165, 1.54) is 25.7 Å². The fourth-order valence-corrected chi connectivity index (χ4v) is 4.51. The van der Waals surface area contributed by atoms with E-state index in [0.717, 1.165) is 43.9 Å². The highest BCUT2D eigenvalue weighted by Gasteiger charge is 2.39. The Morgan fingerprint density at radius 3 is 2.12 bits per heavy atom. The van der Waals surface area contributed by atoms with Gasteiger partial charge in [0.1, 0.15) is 11.7 Å². The number of Topliss-reactive ketones (excluding diaryl/α,β-unsaturated/α-hetero) is 3. The van der Waals surface area contributed by atoms with Crippen molar-refractivity contribution in [1.29, 1.82) is 0 Å². The van der Waals surface area contributed by atoms with Gasteiger partial charge >= 0.3 is 0 Å². The molecule has 0 bridgehead atoms. The third-order valence-corrected chi connectivity index (χ3v) is 6.11. The average molecular weight is 352 g/mol. The molecule has 134 valence electrons. The largest absolute Gasteiger partial charge is 0.299 e. The lowest BCUT2D eigenvalue weighted by atomic mass is 9.86. The van der Waals surface area contributed by atoms with Crippen molar-refractivity contribution in [1.82, 2.24) is 0 Å². The second-order valence-corrected chi connectivity index (χ2v) is 8.02. The van der Waals surface area contributed by atoms with Gasteiger partial charge in [0.05, 0.1) is 5.75 Å². The van der Waals surface area contributed by atoms with Crippen LogP contribution < -0.4 is 0 Å². The van der Waals surface area contributed by atoms with Gasteiger partial charge in [-0.3, -0.25) is 19.2 Å². The summed E-state index contributed by atoms with van der Waals surface area (Å²) in [4.78, 5) is 48.0. The summed E-state index contributed by atoms with van der Waals surface area (Å²) < 4.78 is 0. The van der Waals surface area contributed by atoms with E-state index in [0.29, 0.717) is 12.8 Å². The Kier molecular flexibility index (Phi) is 8.16. The van der Waals surface area contributed by atoms with Gasteiger partial charge in [0.15, 0.2) is 11.6 Å². The number of rotatable bonds is 4. The van der Waals surface area contributed by atoms with Crippen LogP contribution in [0.3, 0.4) is 0 Å². The molecule has 0 aromatic heterocycles. The average Bonchev–Trinajstić information content (AvgIpc) is 2.88. The number of carbonyl (C=O) groups is 4. The number of thioether (sulfide) groups is 1. The molecule has 0 amide bonds. The Balaban J connectivity index is 1.86. The highest BCUT2D eigenvalue weighted by atomic mass is 32.2. The van der Waals surface area contributed by atoms with E-state index in [1.807, 2.05) is 0 Å². The van der Waals surface area contributed by atoms with Gasteiger partial charge in [-0.15, -0.1) is 0 Å². The summed E-state index contributed by atoms with van der Waals surface area (Å²) in [6, 6.07) is 0. The van der Waals surface area contributed by atoms with E-state index >= 15 is 0 Å². The maximum atomic E-state index is 12.4. The standard InChI is InChI=1S/C19H28O4S/c20-15-10-8-6-4-2-1-3-5-7-9-14(15)11-12-16(21)18-17(22)13-24-19(18)23/h14,18H,1-13H2. The van der Waals surface area contributed by atoms with Gasteiger partial charge in [-0.25, -0.2) is 0 Å². The van der Waals surface area contributed by atoms with Crippen molar-refractivity contribution in [3.8, 4) is 0 Å². The predicted octanol–water partition coefficient (Wildman–Crippen LogP) is 3.89. The lowest BCUT2D eigenvalue weighted by molar-refractivity contribution is -0.135. The summed E-state index contributed by atoms with van der Waals surface area (Å²) >= 11 is 0.943. The smallest absolute Gasteiger partial charge is 0.207 e. The van der Waals surface area contributed by atoms with Gasteiger partial charge < -0.3 is 0 Å². The summed E-state index contributed by atoms with van der Waals surface area (Å²) in [5.74, 6) is -1.29. The highest BCUT2D eigenvalue weighted by molar-refractivity contribution is 8.15. The molecule has 24 heavy (non-hydrogen) atoms. The lowest BCUT2D eigenvalue weighted by Gasteiger charge is -2.17. The number of hydrogen-bond acceptors (Lipinski definition) is 5. The van der Waals surface area contributed by atoms with Gasteiger partial charge in [0, 0.05) is 18.8 Å². The first-order valence-corrected chi connectivity index (χ1v) is 10.3. The van der Waals surface area contributed by atoms with Gasteiger partial charge in [0.25, 0.3) is 0 Å². The van der Waals surface area contributed by atoms with Crippen LogP contribution in [0.25, 0.3) is 0 Å². The number of carbonyl (C=O) groups excluding carboxylic acids is 4. The first kappa shape index (κ1) is 19.4. The quantitative estimate of drug-likeness (QED) is 0.718. The van der Waals surface area contributed by atoms with E-state index in [-0.39, 0.29) is 40.6 Å². The summed E-state index contributed by atoms with van der Waals surface area (Å²) in [6.45, 7) is 0. The van der Waals surface area contributed by atoms with Gasteiger partial charge in [0.2, 0.25) is 5.12 Å². The molecule has 0 spiro atoms. The fourth-order valence-electron chi connectivity index (χ4n) is 3.63. The molecule has 1 aliphatic heterocycles. The monoisotopic (exact) mass is 352 g/mol. The first-order valence-electron chi connectivity index (χ1n) is 9.34. The van der Waals surface area contributed by atoms with Crippen LogP contribution in [0, 0.1) is 11.8 Å². The minimum Gasteiger partial charge on any atom is -0.299 e. The van der Waals surface area contributed by atoms with Crippen molar-refractivity contribution in [3.05, 3.63) is 0 Å². The predicted molar refractivity (Wildman–Crippen MR) is 94.9 cm³/mol. The zero-order valence-electron chi connectivity index (χ0n) is 14.4. The molecule has 1 heterocycles. The topological polar surface area (TPSA) is 68.3 Å². The van der Waals surface area contributed by atoms with E-state index < -0.39 is 5.92 Å². The Labute approximate surface area is 148 Å². The van der Waals surface area contributed by atoms with Crippen LogP contribution in [0.2, 0.25) is 0 Å². The molecule has 4 nitrogen and oxygen atoms in total. The Morgan fingerprint density at radius 2 is 1.50 bits per heavy atom. The molecule has 2 rings (SSSR count). The van der Waals surface area contributed by atoms with Crippen molar-refractivity contribution in [2.75, 3.05) is 5.75 Å². The summed E-state index contributed by atoms with van der Waals surface area (Å²) in [5, 5.41) is -0.310. The minimum absolute atomic E-state index is 0.0763. The fraction of sp³-hybridized carbons (Fsp3) is 0.789. The Morgan fingerprint density at radius 1 is 0.875 bits per heavy atom. The summed E-state index contributed by atoms with van der Waals surface area (Å²) in [6.07, 6.45) is 11.3. The summed E-state index contributed by atoms with van der Waals surface area (Å²) in [5.41, 5.74) is 0. The van der Waals surface area contributed by atoms with Crippen LogP contribution in [-0.4, -0.2) is 28.2 Å². The van der Waals surface area contributed by atoms with Crippen LogP contribution in [-0.2, 0) is 19.2 Å². The van der Waals surface area contributed by atoms with Gasteiger partial charge in [-0.1, -0.05) is 56.7 Å². The van der Waals surface area contributed by atoms with Crippen LogP contribution in [0.5, 0.6) is 0 Å². The molecule has 0 radical (unpaired) electrons. The molecular weight excluding hydrogens is 324 g/mol. The van der Waals surface area contributed by atoms with Crippen molar-refractivity contribution in [2.45, 2.75) is 77.0 Å². The molecule has 2 fully saturated rings. The second kappa shape index (κ2) is 10.1. The van der Waals surface area contributed by atoms with Crippen molar-refractivity contribution < 1.29 is 19.2 Å². The molecule has 5 heteroatoms. The van der Waals surface area contributed by atoms with Crippen LogP contribution >= 0.6 is 11.8 Å². The van der Waals surface area contributed by atoms with Crippen molar-refractivity contribution in [3.63, 3.8) is 0 Å². The van der Waals surface area contributed by atoms with Gasteiger partial charge in [-0.05, 0) is 19.3 Å². The lowest BCUT2D eigenvalue weighted by Crippen LogP contribution is -2.26. The maximum absolute atomic E-state index is 12.4. The molecule has 1 saturated heterocycles. The zero-order valence-corrected chi connectivity index (χ0v) is 15.2. The first-order chi connectivity index (χ1) is 11.6. The second-order valence-electron chi connectivity index (χ2n) is 7.04. The zero-order chi connectivity index (χ0) is 17.4. The van der Waals surface area contributed by atoms with Crippen molar-refractivity contribution >= 4 is 34.2 Å². The molecular formula is C19H28O4S. The molecule has 0 N–H and O–H groups in total. The third kappa shape index (κ3) is 5.83. The molecule has 0 aromatic rings. The van der Waals surface area contributed by atoms with Crippen molar-refractivity contribution in [2.24, 2.45) is 11.8 Å². The Hall–Kier alpha value is -0.970. The third-order valence-electron chi connectivity index (χ3n) is 5.16. The number of ketones is 3. The molecule has 2 atom stereocenters. The van der Waals surface area contributed by atoms with Crippen LogP contribution in [0.15, 0.2) is 0 Å². The van der Waals surface area contributed by atoms with Gasteiger partial charge in [-0.2, -0.15) is 0 Å². The van der Waals surface area contributed by atoms with E-state index in [1.54, 1.807) is 0 Å². The van der Waals surface area contributed by atoms with Crippen LogP contribution in [0.4, 0.5) is 0 Å². The molecule has 2 unspecified atom stereocenters. The Bertz CT molecular complexity index is 470. The minimum atomic E-state index is -1.06. The molecule has 2 aliphatic rings.